The van der Waals surface area contributed by atoms with Gasteiger partial charge in [-0.05, 0) is 31.5 Å². The third kappa shape index (κ3) is 3.46. The van der Waals surface area contributed by atoms with Gasteiger partial charge in [-0.3, -0.25) is 4.79 Å². The predicted molar refractivity (Wildman–Crippen MR) is 89.9 cm³/mol. The predicted octanol–water partition coefficient (Wildman–Crippen LogP) is 1.78. The minimum absolute atomic E-state index is 0.00227. The molecular weight excluding hydrogens is 316 g/mol. The molecule has 0 radical (unpaired) electrons. The van der Waals surface area contributed by atoms with E-state index in [9.17, 15) is 18.3 Å². The van der Waals surface area contributed by atoms with Crippen molar-refractivity contribution < 1.29 is 18.3 Å². The number of anilines is 1. The summed E-state index contributed by atoms with van der Waals surface area (Å²) in [6, 6.07) is 9.68. The highest BCUT2D eigenvalue weighted by Gasteiger charge is 2.34. The number of carboxylic acid groups (broad SMARTS) is 1. The minimum Gasteiger partial charge on any atom is -0.480 e. The second-order valence-corrected chi connectivity index (χ2v) is 7.45. The summed E-state index contributed by atoms with van der Waals surface area (Å²) >= 11 is 0. The number of rotatable bonds is 7. The number of hydrogen-bond donors (Lipinski definition) is 3. The van der Waals surface area contributed by atoms with E-state index in [-0.39, 0.29) is 11.3 Å². The summed E-state index contributed by atoms with van der Waals surface area (Å²) in [5.41, 5.74) is 11.7. The van der Waals surface area contributed by atoms with Gasteiger partial charge in [-0.15, -0.1) is 0 Å². The van der Waals surface area contributed by atoms with E-state index in [1.807, 2.05) is 0 Å². The lowest BCUT2D eigenvalue weighted by Gasteiger charge is -2.16. The maximum Gasteiger partial charge on any atom is 0.322 e. The Kier molecular flexibility index (Phi) is 5.23. The molecule has 0 bridgehead atoms. The number of fused-ring (bicyclic) bond motifs is 1. The second kappa shape index (κ2) is 6.97. The Morgan fingerprint density at radius 1 is 1.09 bits per heavy atom. The van der Waals surface area contributed by atoms with Crippen LogP contribution >= 0.6 is 0 Å². The highest BCUT2D eigenvalue weighted by molar-refractivity contribution is 7.93. The number of unbranched alkanes of at least 4 members (excludes halogenated alkanes) is 1. The molecule has 23 heavy (non-hydrogen) atoms. The largest absolute Gasteiger partial charge is 0.480 e. The average molecular weight is 336 g/mol. The Morgan fingerprint density at radius 3 is 2.35 bits per heavy atom. The molecule has 2 aromatic rings. The van der Waals surface area contributed by atoms with Gasteiger partial charge in [-0.2, -0.15) is 0 Å². The molecule has 0 spiro atoms. The molecule has 0 aliphatic carbocycles. The van der Waals surface area contributed by atoms with Crippen LogP contribution in [0.4, 0.5) is 5.69 Å². The maximum absolute atomic E-state index is 12.8. The first-order valence-corrected chi connectivity index (χ1v) is 8.88. The standard InChI is InChI=1S/C16H20N2O4S/c17-10-4-3-7-15(16(19)20)23(21,22)14-9-8-13(18)11-5-1-2-6-12(11)14/h1-2,5-6,8-9,15H,3-4,7,10,17-18H2,(H,19,20). The molecule has 0 aliphatic rings. The van der Waals surface area contributed by atoms with Crippen LogP contribution in [0.5, 0.6) is 0 Å². The van der Waals surface area contributed by atoms with Crippen LogP contribution in [-0.4, -0.2) is 31.3 Å². The fourth-order valence-corrected chi connectivity index (χ4v) is 4.37. The normalized spacial score (nSPS) is 13.1. The molecule has 6 nitrogen and oxygen atoms in total. The van der Waals surface area contributed by atoms with Crippen molar-refractivity contribution in [1.29, 1.82) is 0 Å². The average Bonchev–Trinajstić information content (AvgIpc) is 2.51. The van der Waals surface area contributed by atoms with Crippen molar-refractivity contribution in [2.24, 2.45) is 5.73 Å². The first kappa shape index (κ1) is 17.2. The lowest BCUT2D eigenvalue weighted by atomic mass is 10.1. The van der Waals surface area contributed by atoms with Gasteiger partial charge < -0.3 is 16.6 Å². The zero-order valence-electron chi connectivity index (χ0n) is 12.6. The van der Waals surface area contributed by atoms with Crippen molar-refractivity contribution in [2.45, 2.75) is 29.4 Å². The monoisotopic (exact) mass is 336 g/mol. The molecule has 5 N–H and O–H groups in total. The van der Waals surface area contributed by atoms with Gasteiger partial charge in [0.25, 0.3) is 0 Å². The van der Waals surface area contributed by atoms with E-state index in [0.717, 1.165) is 0 Å². The van der Waals surface area contributed by atoms with Crippen LogP contribution in [0, 0.1) is 0 Å². The van der Waals surface area contributed by atoms with E-state index in [1.54, 1.807) is 24.3 Å². The van der Waals surface area contributed by atoms with E-state index in [4.69, 9.17) is 11.5 Å². The van der Waals surface area contributed by atoms with E-state index < -0.39 is 21.1 Å². The van der Waals surface area contributed by atoms with Crippen molar-refractivity contribution in [3.05, 3.63) is 36.4 Å². The highest BCUT2D eigenvalue weighted by atomic mass is 32.2. The first-order chi connectivity index (χ1) is 10.9. The van der Waals surface area contributed by atoms with E-state index in [0.29, 0.717) is 35.8 Å². The van der Waals surface area contributed by atoms with Gasteiger partial charge in [0, 0.05) is 16.5 Å². The molecule has 0 aromatic heterocycles. The summed E-state index contributed by atoms with van der Waals surface area (Å²) < 4.78 is 25.7. The maximum atomic E-state index is 12.8. The first-order valence-electron chi connectivity index (χ1n) is 7.33. The van der Waals surface area contributed by atoms with Crippen molar-refractivity contribution in [3.63, 3.8) is 0 Å². The summed E-state index contributed by atoms with van der Waals surface area (Å²) in [4.78, 5) is 11.5. The lowest BCUT2D eigenvalue weighted by molar-refractivity contribution is -0.136. The Hall–Kier alpha value is -2.12. The van der Waals surface area contributed by atoms with Gasteiger partial charge >= 0.3 is 5.97 Å². The SMILES string of the molecule is NCCCCC(C(=O)O)S(=O)(=O)c1ccc(N)c2ccccc12. The summed E-state index contributed by atoms with van der Waals surface area (Å²) in [6.07, 6.45) is 1.06. The number of carbonyl (C=O) groups is 1. The van der Waals surface area contributed by atoms with Crippen molar-refractivity contribution in [1.82, 2.24) is 0 Å². The molecule has 1 atom stereocenters. The number of aliphatic carboxylic acids is 1. The lowest BCUT2D eigenvalue weighted by Crippen LogP contribution is -2.30. The molecule has 0 aliphatic heterocycles. The molecule has 0 amide bonds. The van der Waals surface area contributed by atoms with E-state index in [2.05, 4.69) is 0 Å². The molecule has 1 unspecified atom stereocenters. The third-order valence-electron chi connectivity index (χ3n) is 3.79. The Bertz CT molecular complexity index is 818. The minimum atomic E-state index is -4.02. The topological polar surface area (TPSA) is 123 Å². The zero-order valence-corrected chi connectivity index (χ0v) is 13.4. The van der Waals surface area contributed by atoms with E-state index in [1.165, 1.54) is 12.1 Å². The number of nitrogen functional groups attached to an aromatic ring is 1. The smallest absolute Gasteiger partial charge is 0.322 e. The van der Waals surface area contributed by atoms with Crippen molar-refractivity contribution in [3.8, 4) is 0 Å². The molecular formula is C16H20N2O4S. The summed E-state index contributed by atoms with van der Waals surface area (Å²) in [7, 11) is -4.02. The van der Waals surface area contributed by atoms with Crippen LogP contribution in [0.3, 0.4) is 0 Å². The van der Waals surface area contributed by atoms with Gasteiger partial charge in [0.2, 0.25) is 0 Å². The second-order valence-electron chi connectivity index (χ2n) is 5.35. The summed E-state index contributed by atoms with van der Waals surface area (Å²) in [5.74, 6) is -1.34. The van der Waals surface area contributed by atoms with Gasteiger partial charge in [-0.1, -0.05) is 30.7 Å². The summed E-state index contributed by atoms with van der Waals surface area (Å²) in [6.45, 7) is 0.400. The van der Waals surface area contributed by atoms with Crippen LogP contribution in [0.1, 0.15) is 19.3 Å². The fraction of sp³-hybridized carbons (Fsp3) is 0.312. The van der Waals surface area contributed by atoms with E-state index >= 15 is 0 Å². The third-order valence-corrected chi connectivity index (χ3v) is 5.95. The molecule has 0 saturated heterocycles. The molecule has 7 heteroatoms. The van der Waals surface area contributed by atoms with Crippen LogP contribution in [0.15, 0.2) is 41.3 Å². The Morgan fingerprint density at radius 2 is 1.74 bits per heavy atom. The van der Waals surface area contributed by atoms with Crippen molar-refractivity contribution in [2.75, 3.05) is 12.3 Å². The molecule has 0 fully saturated rings. The molecule has 2 aromatic carbocycles. The fourth-order valence-electron chi connectivity index (χ4n) is 2.58. The summed E-state index contributed by atoms with van der Waals surface area (Å²) in [5, 5.41) is 8.92. The number of nitrogens with two attached hydrogens (primary N) is 2. The molecule has 0 heterocycles. The molecule has 0 saturated carbocycles. The van der Waals surface area contributed by atoms with Gasteiger partial charge in [0.05, 0.1) is 4.90 Å². The van der Waals surface area contributed by atoms with Crippen molar-refractivity contribution >= 4 is 32.3 Å². The number of carboxylic acids is 1. The zero-order chi connectivity index (χ0) is 17.0. The van der Waals surface area contributed by atoms with Crippen LogP contribution in [0.25, 0.3) is 10.8 Å². The van der Waals surface area contributed by atoms with Gasteiger partial charge in [0.15, 0.2) is 15.1 Å². The number of benzene rings is 2. The Labute approximate surface area is 135 Å². The Balaban J connectivity index is 2.54. The quantitative estimate of drug-likeness (QED) is 0.523. The van der Waals surface area contributed by atoms with Gasteiger partial charge in [-0.25, -0.2) is 8.42 Å². The van der Waals surface area contributed by atoms with Crippen LogP contribution in [-0.2, 0) is 14.6 Å². The molecule has 2 rings (SSSR count). The van der Waals surface area contributed by atoms with Crippen LogP contribution in [0.2, 0.25) is 0 Å². The van der Waals surface area contributed by atoms with Crippen LogP contribution < -0.4 is 11.5 Å². The molecule has 124 valence electrons. The van der Waals surface area contributed by atoms with Gasteiger partial charge in [0.1, 0.15) is 0 Å². The number of hydrogen-bond acceptors (Lipinski definition) is 5. The number of sulfone groups is 1. The highest BCUT2D eigenvalue weighted by Crippen LogP contribution is 2.31.